The van der Waals surface area contributed by atoms with Crippen LogP contribution in [0.25, 0.3) is 0 Å². The predicted molar refractivity (Wildman–Crippen MR) is 82.4 cm³/mol. The molecule has 0 aliphatic rings. The number of carbonyl (C=O) groups is 1. The fourth-order valence-corrected chi connectivity index (χ4v) is 2.47. The van der Waals surface area contributed by atoms with Gasteiger partial charge >= 0.3 is 0 Å². The van der Waals surface area contributed by atoms with Gasteiger partial charge in [0, 0.05) is 6.54 Å². The molecule has 1 unspecified atom stereocenters. The summed E-state index contributed by atoms with van der Waals surface area (Å²) in [7, 11) is 0. The van der Waals surface area contributed by atoms with E-state index in [4.69, 9.17) is 0 Å². The van der Waals surface area contributed by atoms with E-state index in [1.165, 1.54) is 12.1 Å². The summed E-state index contributed by atoms with van der Waals surface area (Å²) in [4.78, 5) is 12.8. The molecule has 0 aromatic heterocycles. The molecular weight excluding hydrogens is 279 g/mol. The van der Waals surface area contributed by atoms with E-state index in [1.807, 2.05) is 30.3 Å². The minimum absolute atomic E-state index is 0.143. The van der Waals surface area contributed by atoms with Crippen molar-refractivity contribution in [3.63, 3.8) is 0 Å². The Kier molecular flexibility index (Phi) is 5.40. The third-order valence-electron chi connectivity index (χ3n) is 3.55. The first-order valence-electron chi connectivity index (χ1n) is 7.03. The number of aryl methyl sites for hydroxylation is 1. The molecule has 0 bridgehead atoms. The molecule has 2 aromatic rings. The van der Waals surface area contributed by atoms with Gasteiger partial charge in [-0.1, -0.05) is 36.4 Å². The van der Waals surface area contributed by atoms with E-state index >= 15 is 0 Å². The molecule has 112 valence electrons. The maximum atomic E-state index is 13.3. The summed E-state index contributed by atoms with van der Waals surface area (Å²) in [5.41, 5.74) is 2.45. The number of rotatable bonds is 6. The molecule has 4 heteroatoms. The number of carbonyl (C=O) groups excluding carboxylic acids is 1. The lowest BCUT2D eigenvalue weighted by atomic mass is 10.00. The lowest BCUT2D eigenvalue weighted by Gasteiger charge is -2.26. The summed E-state index contributed by atoms with van der Waals surface area (Å²) < 4.78 is 13.3. The Labute approximate surface area is 129 Å². The number of aldehydes is 1. The average molecular weight is 296 g/mol. The molecule has 0 N–H and O–H groups in total. The number of hydrogen-bond acceptors (Lipinski definition) is 3. The Morgan fingerprint density at radius 3 is 2.59 bits per heavy atom. The fraction of sp³-hybridized carbons (Fsp3) is 0.222. The van der Waals surface area contributed by atoms with E-state index in [0.717, 1.165) is 17.4 Å². The second-order valence-corrected chi connectivity index (χ2v) is 5.11. The van der Waals surface area contributed by atoms with Crippen LogP contribution in [0.1, 0.15) is 22.7 Å². The Balaban J connectivity index is 2.32. The molecule has 0 aliphatic heterocycles. The van der Waals surface area contributed by atoms with Crippen molar-refractivity contribution < 1.29 is 9.18 Å². The van der Waals surface area contributed by atoms with Gasteiger partial charge in [-0.3, -0.25) is 4.90 Å². The quantitative estimate of drug-likeness (QED) is 0.767. The maximum Gasteiger partial charge on any atom is 0.134 e. The van der Waals surface area contributed by atoms with Gasteiger partial charge in [0.25, 0.3) is 0 Å². The summed E-state index contributed by atoms with van der Waals surface area (Å²) >= 11 is 0. The van der Waals surface area contributed by atoms with Crippen molar-refractivity contribution >= 4 is 6.29 Å². The summed E-state index contributed by atoms with van der Waals surface area (Å²) in [5.74, 6) is -0.331. The number of nitriles is 1. The second-order valence-electron chi connectivity index (χ2n) is 5.11. The highest BCUT2D eigenvalue weighted by atomic mass is 19.1. The van der Waals surface area contributed by atoms with E-state index in [-0.39, 0.29) is 12.4 Å². The Morgan fingerprint density at radius 1 is 1.27 bits per heavy atom. The first kappa shape index (κ1) is 15.9. The molecule has 0 saturated heterocycles. The highest BCUT2D eigenvalue weighted by Gasteiger charge is 2.21. The van der Waals surface area contributed by atoms with E-state index in [2.05, 4.69) is 6.07 Å². The summed E-state index contributed by atoms with van der Waals surface area (Å²) in [5, 5.41) is 9.55. The van der Waals surface area contributed by atoms with E-state index in [1.54, 1.807) is 17.9 Å². The second kappa shape index (κ2) is 7.48. The fourth-order valence-electron chi connectivity index (χ4n) is 2.47. The minimum Gasteiger partial charge on any atom is -0.302 e. The van der Waals surface area contributed by atoms with Gasteiger partial charge in [0.15, 0.2) is 0 Å². The normalized spacial score (nSPS) is 11.9. The third-order valence-corrected chi connectivity index (χ3v) is 3.55. The van der Waals surface area contributed by atoms with Gasteiger partial charge in [-0.15, -0.1) is 0 Å². The van der Waals surface area contributed by atoms with Crippen LogP contribution in [0.4, 0.5) is 4.39 Å². The van der Waals surface area contributed by atoms with Crippen LogP contribution >= 0.6 is 0 Å². The van der Waals surface area contributed by atoms with Crippen molar-refractivity contribution in [1.29, 1.82) is 5.26 Å². The van der Waals surface area contributed by atoms with E-state index in [0.29, 0.717) is 12.1 Å². The molecule has 0 aliphatic carbocycles. The molecule has 0 heterocycles. The topological polar surface area (TPSA) is 44.1 Å². The van der Waals surface area contributed by atoms with E-state index < -0.39 is 6.04 Å². The molecule has 0 spiro atoms. The molecular formula is C18H17FN2O. The van der Waals surface area contributed by atoms with Crippen LogP contribution in [0.5, 0.6) is 0 Å². The molecule has 2 aromatic carbocycles. The number of hydrogen-bond donors (Lipinski definition) is 0. The van der Waals surface area contributed by atoms with Gasteiger partial charge in [-0.2, -0.15) is 5.26 Å². The molecule has 3 nitrogen and oxygen atoms in total. The van der Waals surface area contributed by atoms with Gasteiger partial charge < -0.3 is 4.79 Å². The van der Waals surface area contributed by atoms with Crippen LogP contribution in [-0.4, -0.2) is 17.7 Å². The zero-order valence-corrected chi connectivity index (χ0v) is 12.4. The Bertz CT molecular complexity index is 679. The van der Waals surface area contributed by atoms with Gasteiger partial charge in [0.2, 0.25) is 0 Å². The average Bonchev–Trinajstić information content (AvgIpc) is 2.51. The third kappa shape index (κ3) is 3.78. The van der Waals surface area contributed by atoms with Crippen LogP contribution in [0, 0.1) is 24.1 Å². The van der Waals surface area contributed by atoms with Crippen LogP contribution < -0.4 is 0 Å². The number of halogens is 1. The molecule has 0 radical (unpaired) electrons. The molecule has 22 heavy (non-hydrogen) atoms. The van der Waals surface area contributed by atoms with Crippen molar-refractivity contribution in [2.45, 2.75) is 19.5 Å². The molecule has 0 saturated carbocycles. The summed E-state index contributed by atoms with van der Waals surface area (Å²) in [6.45, 7) is 2.39. The number of nitrogens with zero attached hydrogens (tertiary/aromatic N) is 2. The Morgan fingerprint density at radius 2 is 2.00 bits per heavy atom. The largest absolute Gasteiger partial charge is 0.302 e. The van der Waals surface area contributed by atoms with Crippen LogP contribution in [0.3, 0.4) is 0 Å². The molecule has 0 fully saturated rings. The van der Waals surface area contributed by atoms with Crippen LogP contribution in [0.2, 0.25) is 0 Å². The Hall–Kier alpha value is -2.51. The summed E-state index contributed by atoms with van der Waals surface area (Å²) in [6, 6.07) is 15.6. The van der Waals surface area contributed by atoms with Crippen molar-refractivity contribution in [3.05, 3.63) is 71.0 Å². The number of benzene rings is 2. The molecule has 1 atom stereocenters. The zero-order chi connectivity index (χ0) is 15.9. The first-order chi connectivity index (χ1) is 10.7. The van der Waals surface area contributed by atoms with Crippen molar-refractivity contribution in [3.8, 4) is 6.07 Å². The van der Waals surface area contributed by atoms with Gasteiger partial charge in [-0.25, -0.2) is 4.39 Å². The SMILES string of the molecule is Cc1cc(F)ccc1C(C#N)N(CC=O)Cc1ccccc1. The van der Waals surface area contributed by atoms with Crippen molar-refractivity contribution in [2.24, 2.45) is 0 Å². The highest BCUT2D eigenvalue weighted by molar-refractivity contribution is 5.52. The molecule has 2 rings (SSSR count). The van der Waals surface area contributed by atoms with E-state index in [9.17, 15) is 14.4 Å². The lowest BCUT2D eigenvalue weighted by molar-refractivity contribution is -0.109. The minimum atomic E-state index is -0.592. The standard InChI is InChI=1S/C18H17FN2O/c1-14-11-16(19)7-8-17(14)18(12-20)21(9-10-22)13-15-5-3-2-4-6-15/h2-8,10-11,18H,9,13H2,1H3. The lowest BCUT2D eigenvalue weighted by Crippen LogP contribution is -2.30. The predicted octanol–water partition coefficient (Wildman–Crippen LogP) is 3.40. The van der Waals surface area contributed by atoms with Crippen LogP contribution in [0.15, 0.2) is 48.5 Å². The maximum absolute atomic E-state index is 13.3. The smallest absolute Gasteiger partial charge is 0.134 e. The highest BCUT2D eigenvalue weighted by Crippen LogP contribution is 2.25. The van der Waals surface area contributed by atoms with Crippen molar-refractivity contribution in [2.75, 3.05) is 6.54 Å². The summed E-state index contributed by atoms with van der Waals surface area (Å²) in [6.07, 6.45) is 0.784. The monoisotopic (exact) mass is 296 g/mol. The van der Waals surface area contributed by atoms with Gasteiger partial charge in [0.1, 0.15) is 18.1 Å². The van der Waals surface area contributed by atoms with Crippen LogP contribution in [-0.2, 0) is 11.3 Å². The van der Waals surface area contributed by atoms with Crippen molar-refractivity contribution in [1.82, 2.24) is 4.90 Å². The molecule has 0 amide bonds. The first-order valence-corrected chi connectivity index (χ1v) is 7.03. The van der Waals surface area contributed by atoms with Gasteiger partial charge in [-0.05, 0) is 35.7 Å². The van der Waals surface area contributed by atoms with Gasteiger partial charge in [0.05, 0.1) is 12.6 Å². The zero-order valence-electron chi connectivity index (χ0n) is 12.4.